The van der Waals surface area contributed by atoms with E-state index in [0.717, 1.165) is 24.3 Å². The van der Waals surface area contributed by atoms with Crippen molar-refractivity contribution in [1.29, 1.82) is 0 Å². The Bertz CT molecular complexity index is 812. The third kappa shape index (κ3) is 3.60. The SMILES string of the molecule is C[C@@H](NS(=O)(=O)c1ccc(Cl)cc1F)c1ccc(F)cc1F. The van der Waals surface area contributed by atoms with Gasteiger partial charge >= 0.3 is 0 Å². The van der Waals surface area contributed by atoms with Gasteiger partial charge in [0.2, 0.25) is 10.0 Å². The zero-order valence-corrected chi connectivity index (χ0v) is 12.9. The number of nitrogens with one attached hydrogen (secondary N) is 1. The molecule has 0 bridgehead atoms. The number of halogens is 4. The minimum atomic E-state index is -4.23. The van der Waals surface area contributed by atoms with Crippen LogP contribution in [0.3, 0.4) is 0 Å². The summed E-state index contributed by atoms with van der Waals surface area (Å²) in [7, 11) is -4.23. The summed E-state index contributed by atoms with van der Waals surface area (Å²) in [5.41, 5.74) is -0.0562. The first-order valence-electron chi connectivity index (χ1n) is 6.13. The lowest BCUT2D eigenvalue weighted by atomic mass is 10.1. The molecule has 0 spiro atoms. The number of benzene rings is 2. The molecule has 0 saturated heterocycles. The monoisotopic (exact) mass is 349 g/mol. The Labute approximate surface area is 130 Å². The van der Waals surface area contributed by atoms with Gasteiger partial charge in [-0.1, -0.05) is 17.7 Å². The van der Waals surface area contributed by atoms with Gasteiger partial charge in [0.1, 0.15) is 22.3 Å². The van der Waals surface area contributed by atoms with E-state index in [4.69, 9.17) is 11.6 Å². The molecule has 0 aliphatic heterocycles. The molecular weight excluding hydrogens is 339 g/mol. The maximum Gasteiger partial charge on any atom is 0.244 e. The molecule has 0 saturated carbocycles. The highest BCUT2D eigenvalue weighted by atomic mass is 35.5. The second kappa shape index (κ2) is 6.28. The molecule has 2 aromatic carbocycles. The summed E-state index contributed by atoms with van der Waals surface area (Å²) in [6.07, 6.45) is 0. The maximum atomic E-state index is 13.7. The van der Waals surface area contributed by atoms with Crippen molar-refractivity contribution in [2.75, 3.05) is 0 Å². The summed E-state index contributed by atoms with van der Waals surface area (Å²) >= 11 is 5.56. The molecule has 3 nitrogen and oxygen atoms in total. The largest absolute Gasteiger partial charge is 0.244 e. The lowest BCUT2D eigenvalue weighted by Gasteiger charge is -2.16. The van der Waals surface area contributed by atoms with Gasteiger partial charge in [-0.3, -0.25) is 0 Å². The Hall–Kier alpha value is -1.57. The first kappa shape index (κ1) is 16.8. The van der Waals surface area contributed by atoms with Crippen molar-refractivity contribution in [1.82, 2.24) is 4.72 Å². The first-order valence-corrected chi connectivity index (χ1v) is 7.99. The quantitative estimate of drug-likeness (QED) is 0.912. The van der Waals surface area contributed by atoms with Gasteiger partial charge in [0.15, 0.2) is 0 Å². The number of rotatable bonds is 4. The van der Waals surface area contributed by atoms with Gasteiger partial charge in [-0.2, -0.15) is 0 Å². The molecule has 1 N–H and O–H groups in total. The normalized spacial score (nSPS) is 13.1. The molecule has 22 heavy (non-hydrogen) atoms. The van der Waals surface area contributed by atoms with Gasteiger partial charge in [-0.05, 0) is 31.2 Å². The third-order valence-corrected chi connectivity index (χ3v) is 4.75. The van der Waals surface area contributed by atoms with Crippen LogP contribution in [0.25, 0.3) is 0 Å². The van der Waals surface area contributed by atoms with Crippen molar-refractivity contribution in [2.24, 2.45) is 0 Å². The smallest absolute Gasteiger partial charge is 0.207 e. The van der Waals surface area contributed by atoms with E-state index in [2.05, 4.69) is 4.72 Å². The highest BCUT2D eigenvalue weighted by molar-refractivity contribution is 7.89. The lowest BCUT2D eigenvalue weighted by Crippen LogP contribution is -2.28. The van der Waals surface area contributed by atoms with Crippen LogP contribution in [0.5, 0.6) is 0 Å². The molecule has 0 aromatic heterocycles. The summed E-state index contributed by atoms with van der Waals surface area (Å²) in [5.74, 6) is -2.70. The van der Waals surface area contributed by atoms with Crippen LogP contribution in [-0.4, -0.2) is 8.42 Å². The van der Waals surface area contributed by atoms with Crippen molar-refractivity contribution in [3.05, 3.63) is 64.4 Å². The summed E-state index contributed by atoms with van der Waals surface area (Å²) in [6.45, 7) is 1.36. The highest BCUT2D eigenvalue weighted by Gasteiger charge is 2.23. The fourth-order valence-electron chi connectivity index (χ4n) is 1.91. The molecule has 0 fully saturated rings. The van der Waals surface area contributed by atoms with E-state index in [1.165, 1.54) is 13.0 Å². The van der Waals surface area contributed by atoms with Crippen LogP contribution >= 0.6 is 11.6 Å². The van der Waals surface area contributed by atoms with E-state index in [-0.39, 0.29) is 10.6 Å². The summed E-state index contributed by atoms with van der Waals surface area (Å²) in [6, 6.07) is 4.85. The molecule has 2 aromatic rings. The third-order valence-electron chi connectivity index (χ3n) is 2.94. The molecule has 0 radical (unpaired) electrons. The Morgan fingerprint density at radius 3 is 2.32 bits per heavy atom. The van der Waals surface area contributed by atoms with Crippen LogP contribution in [0, 0.1) is 17.5 Å². The molecule has 0 aliphatic rings. The number of hydrogen-bond donors (Lipinski definition) is 1. The van der Waals surface area contributed by atoms with Crippen molar-refractivity contribution in [3.63, 3.8) is 0 Å². The average molecular weight is 350 g/mol. The Kier molecular flexibility index (Phi) is 4.79. The predicted molar refractivity (Wildman–Crippen MR) is 76.5 cm³/mol. The van der Waals surface area contributed by atoms with Crippen LogP contribution in [-0.2, 0) is 10.0 Å². The molecule has 1 atom stereocenters. The van der Waals surface area contributed by atoms with Crippen molar-refractivity contribution in [2.45, 2.75) is 17.9 Å². The first-order chi connectivity index (χ1) is 10.2. The van der Waals surface area contributed by atoms with Crippen LogP contribution in [0.4, 0.5) is 13.2 Å². The second-order valence-electron chi connectivity index (χ2n) is 4.58. The topological polar surface area (TPSA) is 46.2 Å². The molecule has 118 valence electrons. The van der Waals surface area contributed by atoms with Crippen LogP contribution in [0.2, 0.25) is 5.02 Å². The summed E-state index contributed by atoms with van der Waals surface area (Å²) in [4.78, 5) is -0.605. The predicted octanol–water partition coefficient (Wildman–Crippen LogP) is 3.80. The summed E-state index contributed by atoms with van der Waals surface area (Å²) in [5, 5.41) is 0.0501. The Morgan fingerprint density at radius 2 is 1.73 bits per heavy atom. The summed E-state index contributed by atoms with van der Waals surface area (Å²) < 4.78 is 66.6. The van der Waals surface area contributed by atoms with Crippen molar-refractivity contribution in [3.8, 4) is 0 Å². The molecule has 0 unspecified atom stereocenters. The zero-order valence-electron chi connectivity index (χ0n) is 11.3. The van der Waals surface area contributed by atoms with E-state index >= 15 is 0 Å². The van der Waals surface area contributed by atoms with Gasteiger partial charge in [0, 0.05) is 22.7 Å². The maximum absolute atomic E-state index is 13.7. The van der Waals surface area contributed by atoms with Gasteiger partial charge in [-0.15, -0.1) is 0 Å². The Morgan fingerprint density at radius 1 is 1.05 bits per heavy atom. The molecular formula is C14H11ClF3NO2S. The Balaban J connectivity index is 2.31. The fourth-order valence-corrected chi connectivity index (χ4v) is 3.35. The van der Waals surface area contributed by atoms with Gasteiger partial charge in [0.05, 0.1) is 0 Å². The van der Waals surface area contributed by atoms with E-state index < -0.39 is 38.4 Å². The second-order valence-corrected chi connectivity index (χ2v) is 6.70. The standard InChI is InChI=1S/C14H11ClF3NO2S/c1-8(11-4-3-10(16)7-12(11)17)19-22(20,21)14-5-2-9(15)6-13(14)18/h2-8,19H,1H3/t8-/m1/s1. The highest BCUT2D eigenvalue weighted by Crippen LogP contribution is 2.23. The van der Waals surface area contributed by atoms with Crippen LogP contribution < -0.4 is 4.72 Å². The number of hydrogen-bond acceptors (Lipinski definition) is 2. The fraction of sp³-hybridized carbons (Fsp3) is 0.143. The molecule has 8 heteroatoms. The van der Waals surface area contributed by atoms with Gasteiger partial charge in [0.25, 0.3) is 0 Å². The zero-order chi connectivity index (χ0) is 16.5. The molecule has 0 heterocycles. The van der Waals surface area contributed by atoms with Crippen molar-refractivity contribution < 1.29 is 21.6 Å². The molecule has 0 amide bonds. The minimum Gasteiger partial charge on any atom is -0.207 e. The van der Waals surface area contributed by atoms with E-state index in [0.29, 0.717) is 6.07 Å². The molecule has 2 rings (SSSR count). The van der Waals surface area contributed by atoms with E-state index in [1.54, 1.807) is 0 Å². The minimum absolute atomic E-state index is 0.0501. The number of sulfonamides is 1. The van der Waals surface area contributed by atoms with Crippen LogP contribution in [0.1, 0.15) is 18.5 Å². The van der Waals surface area contributed by atoms with Crippen molar-refractivity contribution >= 4 is 21.6 Å². The van der Waals surface area contributed by atoms with Gasteiger partial charge < -0.3 is 0 Å². The van der Waals surface area contributed by atoms with E-state index in [9.17, 15) is 21.6 Å². The lowest BCUT2D eigenvalue weighted by molar-refractivity contribution is 0.532. The van der Waals surface area contributed by atoms with E-state index in [1.807, 2.05) is 0 Å². The molecule has 0 aliphatic carbocycles. The average Bonchev–Trinajstić information content (AvgIpc) is 2.37. The van der Waals surface area contributed by atoms with Gasteiger partial charge in [-0.25, -0.2) is 26.3 Å². The van der Waals surface area contributed by atoms with Crippen LogP contribution in [0.15, 0.2) is 41.3 Å².